The summed E-state index contributed by atoms with van der Waals surface area (Å²) in [7, 11) is 0. The largest absolute Gasteiger partial charge is 0.396 e. The Morgan fingerprint density at radius 2 is 2.25 bits per heavy atom. The first kappa shape index (κ1) is 13.6. The van der Waals surface area contributed by atoms with Gasteiger partial charge in [-0.15, -0.1) is 11.3 Å². The Morgan fingerprint density at radius 3 is 3.00 bits per heavy atom. The maximum absolute atomic E-state index is 12.7. The first-order valence-corrected chi connectivity index (χ1v) is 7.90. The van der Waals surface area contributed by atoms with Gasteiger partial charge in [-0.05, 0) is 42.7 Å². The van der Waals surface area contributed by atoms with E-state index in [1.54, 1.807) is 11.3 Å². The summed E-state index contributed by atoms with van der Waals surface area (Å²) < 4.78 is 1.18. The second-order valence-electron chi connectivity index (χ2n) is 5.47. The third kappa shape index (κ3) is 2.34. The van der Waals surface area contributed by atoms with Crippen molar-refractivity contribution in [3.63, 3.8) is 0 Å². The standard InChI is InChI=1S/C16H19NO2S/c1-11-13-4-2-3-5-14(13)20-15(11)16(19)17-8-6-12(10-17)7-9-18/h2-5,12,18H,6-10H2,1H3. The van der Waals surface area contributed by atoms with Crippen molar-refractivity contribution in [2.24, 2.45) is 5.92 Å². The van der Waals surface area contributed by atoms with Gasteiger partial charge in [-0.1, -0.05) is 18.2 Å². The molecule has 0 spiro atoms. The highest BCUT2D eigenvalue weighted by atomic mass is 32.1. The van der Waals surface area contributed by atoms with Gasteiger partial charge in [0.15, 0.2) is 0 Å². The second kappa shape index (κ2) is 5.54. The number of rotatable bonds is 3. The van der Waals surface area contributed by atoms with Crippen molar-refractivity contribution >= 4 is 27.3 Å². The van der Waals surface area contributed by atoms with Crippen molar-refractivity contribution in [1.82, 2.24) is 4.90 Å². The van der Waals surface area contributed by atoms with Crippen LogP contribution in [-0.2, 0) is 0 Å². The number of benzene rings is 1. The van der Waals surface area contributed by atoms with Crippen LogP contribution in [-0.4, -0.2) is 35.6 Å². The molecule has 20 heavy (non-hydrogen) atoms. The minimum absolute atomic E-state index is 0.157. The lowest BCUT2D eigenvalue weighted by molar-refractivity contribution is 0.0789. The highest BCUT2D eigenvalue weighted by Crippen LogP contribution is 2.32. The summed E-state index contributed by atoms with van der Waals surface area (Å²) >= 11 is 1.59. The molecule has 1 N–H and O–H groups in total. The summed E-state index contributed by atoms with van der Waals surface area (Å²) in [4.78, 5) is 15.5. The van der Waals surface area contributed by atoms with E-state index in [0.29, 0.717) is 5.92 Å². The fourth-order valence-electron chi connectivity index (χ4n) is 2.96. The number of amides is 1. The number of aliphatic hydroxyl groups excluding tert-OH is 1. The van der Waals surface area contributed by atoms with Crippen molar-refractivity contribution in [3.05, 3.63) is 34.7 Å². The minimum Gasteiger partial charge on any atom is -0.396 e. The van der Waals surface area contributed by atoms with Gasteiger partial charge in [-0.2, -0.15) is 0 Å². The Balaban J connectivity index is 1.84. The summed E-state index contributed by atoms with van der Waals surface area (Å²) in [5.74, 6) is 0.614. The topological polar surface area (TPSA) is 40.5 Å². The molecule has 1 aromatic carbocycles. The van der Waals surface area contributed by atoms with Crippen LogP contribution < -0.4 is 0 Å². The van der Waals surface area contributed by atoms with Gasteiger partial charge in [0.1, 0.15) is 0 Å². The van der Waals surface area contributed by atoms with E-state index >= 15 is 0 Å². The van der Waals surface area contributed by atoms with E-state index in [1.807, 2.05) is 24.0 Å². The SMILES string of the molecule is Cc1c(C(=O)N2CCC(CCO)C2)sc2ccccc12. The fourth-order valence-corrected chi connectivity index (χ4v) is 4.13. The molecule has 1 atom stereocenters. The highest BCUT2D eigenvalue weighted by molar-refractivity contribution is 7.21. The fraction of sp³-hybridized carbons (Fsp3) is 0.438. The van der Waals surface area contributed by atoms with Gasteiger partial charge < -0.3 is 10.0 Å². The maximum atomic E-state index is 12.7. The average Bonchev–Trinajstić information content (AvgIpc) is 3.05. The molecule has 2 heterocycles. The molecule has 1 unspecified atom stereocenters. The molecule has 0 aliphatic carbocycles. The monoisotopic (exact) mass is 289 g/mol. The molecule has 1 aliphatic heterocycles. The quantitative estimate of drug-likeness (QED) is 0.943. The molecule has 1 amide bonds. The lowest BCUT2D eigenvalue weighted by Gasteiger charge is -2.16. The molecule has 4 heteroatoms. The van der Waals surface area contributed by atoms with Gasteiger partial charge >= 0.3 is 0 Å². The normalized spacial score (nSPS) is 18.9. The van der Waals surface area contributed by atoms with Crippen LogP contribution in [0.1, 0.15) is 28.1 Å². The smallest absolute Gasteiger partial charge is 0.264 e. The van der Waals surface area contributed by atoms with Crippen LogP contribution in [0.5, 0.6) is 0 Å². The number of aryl methyl sites for hydroxylation is 1. The number of carbonyl (C=O) groups is 1. The lowest BCUT2D eigenvalue weighted by Crippen LogP contribution is -2.28. The predicted octanol–water partition coefficient (Wildman–Crippen LogP) is 3.05. The molecule has 3 rings (SSSR count). The molecule has 0 saturated carbocycles. The average molecular weight is 289 g/mol. The van der Waals surface area contributed by atoms with Crippen molar-refractivity contribution in [3.8, 4) is 0 Å². The van der Waals surface area contributed by atoms with Crippen LogP contribution in [0, 0.1) is 12.8 Å². The zero-order chi connectivity index (χ0) is 14.1. The van der Waals surface area contributed by atoms with Gasteiger partial charge in [-0.25, -0.2) is 0 Å². The van der Waals surface area contributed by atoms with Crippen molar-refractivity contribution in [1.29, 1.82) is 0 Å². The third-order valence-electron chi connectivity index (χ3n) is 4.15. The third-order valence-corrected chi connectivity index (χ3v) is 5.41. The first-order chi connectivity index (χ1) is 9.70. The molecular weight excluding hydrogens is 270 g/mol. The van der Waals surface area contributed by atoms with E-state index < -0.39 is 0 Å². The van der Waals surface area contributed by atoms with Crippen LogP contribution in [0.15, 0.2) is 24.3 Å². The van der Waals surface area contributed by atoms with E-state index in [2.05, 4.69) is 12.1 Å². The van der Waals surface area contributed by atoms with Crippen LogP contribution in [0.25, 0.3) is 10.1 Å². The summed E-state index contributed by atoms with van der Waals surface area (Å²) in [6, 6.07) is 8.18. The summed E-state index contributed by atoms with van der Waals surface area (Å²) in [5.41, 5.74) is 1.10. The highest BCUT2D eigenvalue weighted by Gasteiger charge is 2.28. The Morgan fingerprint density at radius 1 is 1.45 bits per heavy atom. The predicted molar refractivity (Wildman–Crippen MR) is 82.3 cm³/mol. The van der Waals surface area contributed by atoms with Crippen LogP contribution in [0.3, 0.4) is 0 Å². The van der Waals surface area contributed by atoms with Gasteiger partial charge in [0.05, 0.1) is 4.88 Å². The summed E-state index contributed by atoms with van der Waals surface area (Å²) in [6.07, 6.45) is 1.81. The van der Waals surface area contributed by atoms with E-state index in [0.717, 1.165) is 36.4 Å². The first-order valence-electron chi connectivity index (χ1n) is 7.09. The lowest BCUT2D eigenvalue weighted by atomic mass is 10.1. The number of fused-ring (bicyclic) bond motifs is 1. The second-order valence-corrected chi connectivity index (χ2v) is 6.52. The summed E-state index contributed by atoms with van der Waals surface area (Å²) in [5, 5.41) is 10.2. The minimum atomic E-state index is 0.157. The van der Waals surface area contributed by atoms with Gasteiger partial charge in [-0.3, -0.25) is 4.79 Å². The van der Waals surface area contributed by atoms with Gasteiger partial charge in [0.2, 0.25) is 0 Å². The van der Waals surface area contributed by atoms with Crippen molar-refractivity contribution in [2.75, 3.05) is 19.7 Å². The molecule has 3 nitrogen and oxygen atoms in total. The molecule has 1 aliphatic rings. The van der Waals surface area contributed by atoms with Crippen LogP contribution >= 0.6 is 11.3 Å². The number of hydrogen-bond acceptors (Lipinski definition) is 3. The number of hydrogen-bond donors (Lipinski definition) is 1. The molecule has 1 aromatic heterocycles. The van der Waals surface area contributed by atoms with E-state index in [4.69, 9.17) is 5.11 Å². The molecule has 0 bridgehead atoms. The van der Waals surface area contributed by atoms with E-state index in [1.165, 1.54) is 10.1 Å². The zero-order valence-electron chi connectivity index (χ0n) is 11.6. The summed E-state index contributed by atoms with van der Waals surface area (Å²) in [6.45, 7) is 3.85. The number of nitrogens with zero attached hydrogens (tertiary/aromatic N) is 1. The van der Waals surface area contributed by atoms with Crippen molar-refractivity contribution in [2.45, 2.75) is 19.8 Å². The van der Waals surface area contributed by atoms with Crippen LogP contribution in [0.2, 0.25) is 0 Å². The van der Waals surface area contributed by atoms with Crippen LogP contribution in [0.4, 0.5) is 0 Å². The van der Waals surface area contributed by atoms with E-state index in [-0.39, 0.29) is 12.5 Å². The molecule has 0 radical (unpaired) electrons. The maximum Gasteiger partial charge on any atom is 0.264 e. The van der Waals surface area contributed by atoms with Crippen molar-refractivity contribution < 1.29 is 9.90 Å². The molecule has 106 valence electrons. The van der Waals surface area contributed by atoms with E-state index in [9.17, 15) is 4.79 Å². The van der Waals surface area contributed by atoms with Gasteiger partial charge in [0, 0.05) is 24.4 Å². The Hall–Kier alpha value is -1.39. The van der Waals surface area contributed by atoms with Gasteiger partial charge in [0.25, 0.3) is 5.91 Å². The molecule has 2 aromatic rings. The molecular formula is C16H19NO2S. The molecule has 1 fully saturated rings. The number of likely N-dealkylation sites (tertiary alicyclic amines) is 1. The number of carbonyl (C=O) groups excluding carboxylic acids is 1. The Kier molecular flexibility index (Phi) is 3.76. The zero-order valence-corrected chi connectivity index (χ0v) is 12.4. The number of thiophene rings is 1. The molecule has 1 saturated heterocycles. The Bertz CT molecular complexity index is 634. The number of aliphatic hydroxyl groups is 1. The Labute approximate surface area is 122 Å².